The number of carbonyl (C=O) groups is 2. The van der Waals surface area contributed by atoms with Gasteiger partial charge >= 0.3 is 16.5 Å². The standard InChI is InChI=1S/C39H62N2.2C10H12O4.Ni/c1-6-11-16-17-20-21-33-26-28-36(29-27-33)40-38(24-14-9-4)39(25-15-10-5)41-37-31-34(22-18-12-7-2)30-35(32-37)23-19-13-8-3;2*1-3-6-5(2)4-7(11)9(12)8(6)10(13)14;/h26-32H,6-25H2,1-5H3;2*4,11-12H,3H2,1-2H3,(H,13,14);/q;;;+2/p-2. The molecule has 10 nitrogen and oxygen atoms in total. The fraction of sp³-hybridized carbons (Fsp3) is 0.525. The molecule has 4 N–H and O–H groups in total. The first-order valence-corrected chi connectivity index (χ1v) is 26.0. The summed E-state index contributed by atoms with van der Waals surface area (Å²) >= 11 is 0. The number of aryl methyl sites for hydroxylation is 5. The van der Waals surface area contributed by atoms with Crippen LogP contribution in [-0.4, -0.2) is 43.8 Å². The molecule has 0 bridgehead atoms. The molecule has 4 aromatic carbocycles. The van der Waals surface area contributed by atoms with Crippen molar-refractivity contribution in [1.29, 1.82) is 0 Å². The Balaban J connectivity index is 0.000000682. The van der Waals surface area contributed by atoms with Crippen LogP contribution in [0.4, 0.5) is 11.4 Å². The van der Waals surface area contributed by atoms with Gasteiger partial charge in [-0.2, -0.15) is 0 Å². The number of carboxylic acid groups (broad SMARTS) is 2. The summed E-state index contributed by atoms with van der Waals surface area (Å²) in [5, 5.41) is 58.5. The summed E-state index contributed by atoms with van der Waals surface area (Å²) in [6.45, 7) is 18.3. The second-order valence-electron chi connectivity index (χ2n) is 18.2. The van der Waals surface area contributed by atoms with E-state index in [1.54, 1.807) is 27.7 Å². The minimum Gasteiger partial charge on any atom is -0.545 e. The van der Waals surface area contributed by atoms with Crippen molar-refractivity contribution in [2.45, 2.75) is 204 Å². The molecule has 0 aliphatic rings. The molecule has 4 aromatic rings. The number of carbonyl (C=O) groups excluding carboxylic acids is 2. The number of carboxylic acids is 2. The van der Waals surface area contributed by atoms with Crippen LogP contribution in [0.2, 0.25) is 0 Å². The molecular formula is C59H84N2NiO8. The zero-order chi connectivity index (χ0) is 51.3. The molecule has 4 rings (SSSR count). The normalized spacial score (nSPS) is 11.3. The first-order valence-electron chi connectivity index (χ1n) is 26.0. The third kappa shape index (κ3) is 21.5. The van der Waals surface area contributed by atoms with Gasteiger partial charge in [-0.05, 0) is 166 Å². The molecule has 0 atom stereocenters. The van der Waals surface area contributed by atoms with E-state index < -0.39 is 34.9 Å². The van der Waals surface area contributed by atoms with E-state index >= 15 is 0 Å². The molecule has 388 valence electrons. The molecule has 0 saturated carbocycles. The Bertz CT molecular complexity index is 2150. The molecule has 70 heavy (non-hydrogen) atoms. The Kier molecular flexibility index (Phi) is 31.5. The van der Waals surface area contributed by atoms with Gasteiger partial charge in [0.25, 0.3) is 0 Å². The van der Waals surface area contributed by atoms with Crippen LogP contribution in [0, 0.1) is 13.8 Å². The molecule has 0 unspecified atom stereocenters. The molecule has 0 saturated heterocycles. The van der Waals surface area contributed by atoms with E-state index in [4.69, 9.17) is 9.98 Å². The van der Waals surface area contributed by atoms with Gasteiger partial charge in [0.1, 0.15) is 0 Å². The van der Waals surface area contributed by atoms with Gasteiger partial charge in [-0.25, -0.2) is 0 Å². The third-order valence-corrected chi connectivity index (χ3v) is 12.4. The zero-order valence-electron chi connectivity index (χ0n) is 43.9. The van der Waals surface area contributed by atoms with Crippen molar-refractivity contribution in [2.24, 2.45) is 9.98 Å². The van der Waals surface area contributed by atoms with Crippen molar-refractivity contribution < 1.29 is 56.7 Å². The molecule has 0 aromatic heterocycles. The van der Waals surface area contributed by atoms with Crippen molar-refractivity contribution in [3.8, 4) is 23.0 Å². The molecular weight excluding hydrogens is 923 g/mol. The topological polar surface area (TPSA) is 186 Å². The van der Waals surface area contributed by atoms with Crippen molar-refractivity contribution in [2.75, 3.05) is 0 Å². The average molecular weight is 1010 g/mol. The predicted octanol–water partition coefficient (Wildman–Crippen LogP) is 13.6. The van der Waals surface area contributed by atoms with Crippen LogP contribution in [0.5, 0.6) is 23.0 Å². The summed E-state index contributed by atoms with van der Waals surface area (Å²) in [5.74, 6) is -5.05. The van der Waals surface area contributed by atoms with E-state index in [1.807, 2.05) is 0 Å². The Hall–Kier alpha value is -5.15. The number of hydrogen-bond acceptors (Lipinski definition) is 10. The number of aliphatic imine (C=N–C) groups is 2. The number of hydrogen-bond donors (Lipinski definition) is 4. The minimum atomic E-state index is -1.47. The largest absolute Gasteiger partial charge is 2.00 e. The third-order valence-electron chi connectivity index (χ3n) is 12.4. The fourth-order valence-corrected chi connectivity index (χ4v) is 8.46. The Morgan fingerprint density at radius 2 is 0.814 bits per heavy atom. The van der Waals surface area contributed by atoms with Crippen molar-refractivity contribution >= 4 is 34.7 Å². The molecule has 0 spiro atoms. The van der Waals surface area contributed by atoms with E-state index in [2.05, 4.69) is 77.1 Å². The summed E-state index contributed by atoms with van der Waals surface area (Å²) < 4.78 is 0. The van der Waals surface area contributed by atoms with Crippen LogP contribution < -0.4 is 10.2 Å². The van der Waals surface area contributed by atoms with Crippen LogP contribution in [0.3, 0.4) is 0 Å². The van der Waals surface area contributed by atoms with Gasteiger partial charge in [-0.1, -0.05) is 131 Å². The number of nitrogens with zero attached hydrogens (tertiary/aromatic N) is 2. The van der Waals surface area contributed by atoms with Crippen LogP contribution in [0.1, 0.15) is 217 Å². The van der Waals surface area contributed by atoms with Crippen LogP contribution in [0.25, 0.3) is 0 Å². The van der Waals surface area contributed by atoms with Crippen LogP contribution in [-0.2, 0) is 48.6 Å². The van der Waals surface area contributed by atoms with E-state index in [0.717, 1.165) is 49.9 Å². The van der Waals surface area contributed by atoms with E-state index in [0.29, 0.717) is 35.1 Å². The van der Waals surface area contributed by atoms with Gasteiger partial charge in [-0.15, -0.1) is 0 Å². The minimum absolute atomic E-state index is 0. The average Bonchev–Trinajstić information content (AvgIpc) is 3.32. The van der Waals surface area contributed by atoms with Gasteiger partial charge in [0, 0.05) is 11.1 Å². The maximum absolute atomic E-state index is 10.7. The first-order chi connectivity index (χ1) is 33.1. The predicted molar refractivity (Wildman–Crippen MR) is 281 cm³/mol. The van der Waals surface area contributed by atoms with Crippen molar-refractivity contribution in [1.82, 2.24) is 0 Å². The molecule has 11 heteroatoms. The Morgan fingerprint density at radius 1 is 0.457 bits per heavy atom. The molecule has 0 aliphatic carbocycles. The number of unbranched alkanes of at least 4 members (excludes halogenated alkanes) is 10. The van der Waals surface area contributed by atoms with E-state index in [-0.39, 0.29) is 27.6 Å². The fourth-order valence-electron chi connectivity index (χ4n) is 8.46. The summed E-state index contributed by atoms with van der Waals surface area (Å²) in [6.07, 6.45) is 25.4. The SMILES string of the molecule is CCCCCCCc1ccc(N=C(CCCC)C(CCCC)=Nc2cc(CCCCC)cc(CCCCC)c2)cc1.CCc1c(C)cc(O)c(O)c1C(=O)[O-].CCc1c(C)cc(O)c(O)c1C(=O)[O-].[Ni+2]. The maximum atomic E-state index is 10.7. The number of phenols is 4. The summed E-state index contributed by atoms with van der Waals surface area (Å²) in [5.41, 5.74) is 10.5. The van der Waals surface area contributed by atoms with Gasteiger partial charge in [0.05, 0.1) is 34.7 Å². The second-order valence-corrected chi connectivity index (χ2v) is 18.2. The summed E-state index contributed by atoms with van der Waals surface area (Å²) in [4.78, 5) is 32.1. The Labute approximate surface area is 430 Å². The van der Waals surface area contributed by atoms with E-state index in [9.17, 15) is 40.2 Å². The number of benzene rings is 4. The van der Waals surface area contributed by atoms with Crippen molar-refractivity contribution in [3.05, 3.63) is 105 Å². The quantitative estimate of drug-likeness (QED) is 0.0197. The van der Waals surface area contributed by atoms with Gasteiger partial charge in [0.15, 0.2) is 23.0 Å². The Morgan fingerprint density at radius 3 is 1.20 bits per heavy atom. The summed E-state index contributed by atoms with van der Waals surface area (Å²) in [6, 6.07) is 18.9. The number of aromatic hydroxyl groups is 4. The maximum Gasteiger partial charge on any atom is 2.00 e. The smallest absolute Gasteiger partial charge is 0.545 e. The van der Waals surface area contributed by atoms with Gasteiger partial charge in [0.2, 0.25) is 0 Å². The molecule has 0 fully saturated rings. The number of aromatic carboxylic acids is 2. The van der Waals surface area contributed by atoms with E-state index in [1.165, 1.54) is 130 Å². The molecule has 0 aliphatic heterocycles. The number of phenolic OH excluding ortho intramolecular Hbond substituents is 2. The molecule has 0 heterocycles. The zero-order valence-corrected chi connectivity index (χ0v) is 44.9. The first kappa shape index (κ1) is 62.9. The number of rotatable bonds is 27. The molecule has 0 radical (unpaired) electrons. The monoisotopic (exact) mass is 1010 g/mol. The summed E-state index contributed by atoms with van der Waals surface area (Å²) in [7, 11) is 0. The van der Waals surface area contributed by atoms with Crippen molar-refractivity contribution in [3.63, 3.8) is 0 Å². The van der Waals surface area contributed by atoms with Gasteiger partial charge < -0.3 is 40.2 Å². The van der Waals surface area contributed by atoms with Crippen LogP contribution in [0.15, 0.2) is 64.6 Å². The molecule has 0 amide bonds. The van der Waals surface area contributed by atoms with Gasteiger partial charge in [-0.3, -0.25) is 9.98 Å². The van der Waals surface area contributed by atoms with Crippen LogP contribution >= 0.6 is 0 Å². The second kappa shape index (κ2) is 35.0.